The minimum Gasteiger partial charge on any atom is -0.352 e. The Morgan fingerprint density at radius 1 is 1.10 bits per heavy atom. The summed E-state index contributed by atoms with van der Waals surface area (Å²) >= 11 is 13.9. The lowest BCUT2D eigenvalue weighted by Crippen LogP contribution is -2.32. The average molecular weight is 458 g/mol. The normalized spacial score (nSPS) is 13.1. The topological polar surface area (TPSA) is 62.3 Å². The van der Waals surface area contributed by atoms with E-state index in [0.717, 1.165) is 16.1 Å². The molecule has 1 aliphatic heterocycles. The molecular weight excluding hydrogens is 441 g/mol. The minimum absolute atomic E-state index is 0.0985. The number of nitrogens with one attached hydrogen (secondary N) is 1. The maximum atomic E-state index is 12.7. The van der Waals surface area contributed by atoms with Crippen LogP contribution in [-0.4, -0.2) is 29.1 Å². The van der Waals surface area contributed by atoms with Crippen molar-refractivity contribution in [3.05, 3.63) is 82.0 Å². The van der Waals surface area contributed by atoms with Gasteiger partial charge in [0.25, 0.3) is 5.91 Å². The van der Waals surface area contributed by atoms with Crippen molar-refractivity contribution in [3.8, 4) is 0 Å². The van der Waals surface area contributed by atoms with Gasteiger partial charge in [-0.25, -0.2) is 4.98 Å². The molecule has 3 aromatic rings. The number of carbonyl (C=O) groups is 2. The number of thioether (sulfide) groups is 1. The van der Waals surface area contributed by atoms with E-state index in [2.05, 4.69) is 10.3 Å². The molecule has 4 rings (SSSR count). The monoisotopic (exact) mass is 457 g/mol. The van der Waals surface area contributed by atoms with Crippen molar-refractivity contribution in [2.75, 3.05) is 17.2 Å². The van der Waals surface area contributed by atoms with E-state index in [9.17, 15) is 9.59 Å². The molecule has 0 saturated heterocycles. The van der Waals surface area contributed by atoms with Crippen LogP contribution < -0.4 is 10.2 Å². The second-order valence-corrected chi connectivity index (χ2v) is 8.44. The highest BCUT2D eigenvalue weighted by molar-refractivity contribution is 8.00. The number of benzene rings is 2. The van der Waals surface area contributed by atoms with Crippen LogP contribution in [0.3, 0.4) is 0 Å². The third-order valence-electron chi connectivity index (χ3n) is 4.66. The van der Waals surface area contributed by atoms with Crippen LogP contribution in [0.15, 0.2) is 65.7 Å². The minimum atomic E-state index is -0.331. The van der Waals surface area contributed by atoms with E-state index in [1.807, 2.05) is 48.5 Å². The standard InChI is InChI=1S/C22H17Cl2N3O2S/c23-16-6-2-1-5-14(16)9-10-25-22(29)15-11-20(26-12-17(15)24)27-18-7-3-4-8-19(18)30-13-21(27)28/h1-8,11-12H,9-10,13H2,(H,25,29). The first-order valence-corrected chi connectivity index (χ1v) is 11.0. The zero-order valence-electron chi connectivity index (χ0n) is 15.8. The number of nitrogens with zero attached hydrogens (tertiary/aromatic N) is 2. The number of pyridine rings is 1. The molecule has 30 heavy (non-hydrogen) atoms. The summed E-state index contributed by atoms with van der Waals surface area (Å²) < 4.78 is 0. The number of hydrogen-bond donors (Lipinski definition) is 1. The summed E-state index contributed by atoms with van der Waals surface area (Å²) in [5, 5.41) is 3.74. The van der Waals surface area contributed by atoms with Gasteiger partial charge in [0, 0.05) is 22.7 Å². The summed E-state index contributed by atoms with van der Waals surface area (Å²) in [6, 6.07) is 16.7. The Morgan fingerprint density at radius 2 is 1.87 bits per heavy atom. The summed E-state index contributed by atoms with van der Waals surface area (Å²) in [7, 11) is 0. The molecular formula is C22H17Cl2N3O2S. The number of amides is 2. The van der Waals surface area contributed by atoms with Crippen molar-refractivity contribution >= 4 is 58.3 Å². The Kier molecular flexibility index (Phi) is 6.27. The first kappa shape index (κ1) is 20.7. The van der Waals surface area contributed by atoms with Crippen LogP contribution in [0.2, 0.25) is 10.0 Å². The number of rotatable bonds is 5. The highest BCUT2D eigenvalue weighted by atomic mass is 35.5. The molecule has 2 amide bonds. The molecule has 2 aromatic carbocycles. The average Bonchev–Trinajstić information content (AvgIpc) is 2.75. The first-order chi connectivity index (χ1) is 14.5. The number of halogens is 2. The van der Waals surface area contributed by atoms with Crippen molar-refractivity contribution in [1.29, 1.82) is 0 Å². The second-order valence-electron chi connectivity index (χ2n) is 6.61. The van der Waals surface area contributed by atoms with Gasteiger partial charge in [0.1, 0.15) is 5.82 Å². The van der Waals surface area contributed by atoms with E-state index in [1.165, 1.54) is 22.9 Å². The molecule has 8 heteroatoms. The quantitative estimate of drug-likeness (QED) is 0.576. The number of carbonyl (C=O) groups excluding carboxylic acids is 2. The molecule has 0 saturated carbocycles. The lowest BCUT2D eigenvalue weighted by atomic mass is 10.1. The van der Waals surface area contributed by atoms with E-state index in [1.54, 1.807) is 6.07 Å². The third-order valence-corrected chi connectivity index (χ3v) is 6.38. The molecule has 0 bridgehead atoms. The molecule has 1 aromatic heterocycles. The van der Waals surface area contributed by atoms with Crippen molar-refractivity contribution in [2.45, 2.75) is 11.3 Å². The predicted molar refractivity (Wildman–Crippen MR) is 121 cm³/mol. The Labute approximate surface area is 188 Å². The number of fused-ring (bicyclic) bond motifs is 1. The van der Waals surface area contributed by atoms with Gasteiger partial charge in [-0.1, -0.05) is 53.5 Å². The molecule has 0 fully saturated rings. The van der Waals surface area contributed by atoms with Gasteiger partial charge in [0.05, 0.1) is 22.0 Å². The van der Waals surface area contributed by atoms with Crippen molar-refractivity contribution in [2.24, 2.45) is 0 Å². The van der Waals surface area contributed by atoms with E-state index in [-0.39, 0.29) is 22.4 Å². The van der Waals surface area contributed by atoms with Crippen LogP contribution in [0, 0.1) is 0 Å². The Bertz CT molecular complexity index is 1120. The molecule has 1 N–H and O–H groups in total. The van der Waals surface area contributed by atoms with E-state index in [4.69, 9.17) is 23.2 Å². The second kappa shape index (κ2) is 9.08. The van der Waals surface area contributed by atoms with Crippen LogP contribution in [-0.2, 0) is 11.2 Å². The fourth-order valence-electron chi connectivity index (χ4n) is 3.18. The van der Waals surface area contributed by atoms with Crippen LogP contribution in [0.25, 0.3) is 0 Å². The summed E-state index contributed by atoms with van der Waals surface area (Å²) in [5.74, 6) is 0.246. The Balaban J connectivity index is 1.54. The van der Waals surface area contributed by atoms with Gasteiger partial charge in [-0.2, -0.15) is 0 Å². The zero-order valence-corrected chi connectivity index (χ0v) is 18.1. The third kappa shape index (κ3) is 4.31. The summed E-state index contributed by atoms with van der Waals surface area (Å²) in [4.78, 5) is 32.2. The number of anilines is 2. The molecule has 0 aliphatic carbocycles. The van der Waals surface area contributed by atoms with Crippen LogP contribution in [0.1, 0.15) is 15.9 Å². The number of para-hydroxylation sites is 1. The molecule has 0 radical (unpaired) electrons. The molecule has 152 valence electrons. The highest BCUT2D eigenvalue weighted by Gasteiger charge is 2.27. The number of aromatic nitrogens is 1. The first-order valence-electron chi connectivity index (χ1n) is 9.26. The van der Waals surface area contributed by atoms with Gasteiger partial charge >= 0.3 is 0 Å². The lowest BCUT2D eigenvalue weighted by molar-refractivity contribution is -0.115. The summed E-state index contributed by atoms with van der Waals surface area (Å²) in [5.41, 5.74) is 1.97. The maximum absolute atomic E-state index is 12.7. The van der Waals surface area contributed by atoms with Crippen molar-refractivity contribution in [3.63, 3.8) is 0 Å². The molecule has 0 atom stereocenters. The molecule has 0 spiro atoms. The van der Waals surface area contributed by atoms with Gasteiger partial charge in [-0.3, -0.25) is 14.5 Å². The van der Waals surface area contributed by atoms with E-state index in [0.29, 0.717) is 29.6 Å². The van der Waals surface area contributed by atoms with E-state index >= 15 is 0 Å². The molecule has 2 heterocycles. The molecule has 5 nitrogen and oxygen atoms in total. The van der Waals surface area contributed by atoms with Gasteiger partial charge in [-0.05, 0) is 36.2 Å². The smallest absolute Gasteiger partial charge is 0.253 e. The largest absolute Gasteiger partial charge is 0.352 e. The van der Waals surface area contributed by atoms with Crippen LogP contribution >= 0.6 is 35.0 Å². The fourth-order valence-corrected chi connectivity index (χ4v) is 4.49. The van der Waals surface area contributed by atoms with Crippen molar-refractivity contribution < 1.29 is 9.59 Å². The molecule has 1 aliphatic rings. The van der Waals surface area contributed by atoms with Crippen LogP contribution in [0.5, 0.6) is 0 Å². The number of hydrogen-bond acceptors (Lipinski definition) is 4. The summed E-state index contributed by atoms with van der Waals surface area (Å²) in [6.45, 7) is 0.401. The van der Waals surface area contributed by atoms with Gasteiger partial charge in [0.15, 0.2) is 0 Å². The molecule has 0 unspecified atom stereocenters. The van der Waals surface area contributed by atoms with Gasteiger partial charge in [-0.15, -0.1) is 11.8 Å². The van der Waals surface area contributed by atoms with Crippen LogP contribution in [0.4, 0.5) is 11.5 Å². The zero-order chi connectivity index (χ0) is 21.1. The highest BCUT2D eigenvalue weighted by Crippen LogP contribution is 2.39. The Morgan fingerprint density at radius 3 is 2.70 bits per heavy atom. The predicted octanol–water partition coefficient (Wildman–Crippen LogP) is 5.13. The fraction of sp³-hybridized carbons (Fsp3) is 0.136. The van der Waals surface area contributed by atoms with E-state index < -0.39 is 0 Å². The van der Waals surface area contributed by atoms with Gasteiger partial charge < -0.3 is 5.32 Å². The Hall–Kier alpha value is -2.54. The van der Waals surface area contributed by atoms with Crippen molar-refractivity contribution in [1.82, 2.24) is 10.3 Å². The summed E-state index contributed by atoms with van der Waals surface area (Å²) in [6.07, 6.45) is 1.99. The maximum Gasteiger partial charge on any atom is 0.253 e. The SMILES string of the molecule is O=C(NCCc1ccccc1Cl)c1cc(N2C(=O)CSc3ccccc32)ncc1Cl. The van der Waals surface area contributed by atoms with Gasteiger partial charge in [0.2, 0.25) is 5.91 Å². The lowest BCUT2D eigenvalue weighted by Gasteiger charge is -2.28.